The summed E-state index contributed by atoms with van der Waals surface area (Å²) in [7, 11) is 0. The van der Waals surface area contributed by atoms with Gasteiger partial charge in [-0.3, -0.25) is 4.79 Å². The first-order chi connectivity index (χ1) is 8.34. The van der Waals surface area contributed by atoms with Crippen molar-refractivity contribution in [3.8, 4) is 0 Å². The zero-order valence-corrected chi connectivity index (χ0v) is 10.1. The molecule has 0 N–H and O–H groups in total. The van der Waals surface area contributed by atoms with Crippen LogP contribution in [0.25, 0.3) is 0 Å². The number of amides is 1. The van der Waals surface area contributed by atoms with Gasteiger partial charge in [0.15, 0.2) is 0 Å². The molecule has 1 heterocycles. The van der Waals surface area contributed by atoms with Crippen molar-refractivity contribution in [2.75, 3.05) is 6.54 Å². The van der Waals surface area contributed by atoms with Gasteiger partial charge in [0.25, 0.3) is 0 Å². The lowest BCUT2D eigenvalue weighted by molar-refractivity contribution is -0.129. The van der Waals surface area contributed by atoms with E-state index in [1.165, 1.54) is 24.8 Å². The van der Waals surface area contributed by atoms with Crippen LogP contribution in [0.4, 0.5) is 0 Å². The number of hydrogen-bond acceptors (Lipinski definition) is 1. The fourth-order valence-corrected chi connectivity index (χ4v) is 3.38. The highest BCUT2D eigenvalue weighted by molar-refractivity contribution is 5.79. The Balaban J connectivity index is 1.63. The van der Waals surface area contributed by atoms with Crippen LogP contribution in [0.2, 0.25) is 0 Å². The molecule has 0 radical (unpaired) electrons. The Hall–Kier alpha value is -1.31. The van der Waals surface area contributed by atoms with Gasteiger partial charge in [0, 0.05) is 19.0 Å². The predicted molar refractivity (Wildman–Crippen MR) is 67.6 cm³/mol. The summed E-state index contributed by atoms with van der Waals surface area (Å²) in [5, 5.41) is 0. The van der Waals surface area contributed by atoms with Crippen molar-refractivity contribution in [3.63, 3.8) is 0 Å². The third-order valence-corrected chi connectivity index (χ3v) is 4.26. The van der Waals surface area contributed by atoms with Crippen LogP contribution in [0.15, 0.2) is 30.3 Å². The highest BCUT2D eigenvalue weighted by Crippen LogP contribution is 2.38. The van der Waals surface area contributed by atoms with Crippen molar-refractivity contribution >= 4 is 5.91 Å². The summed E-state index contributed by atoms with van der Waals surface area (Å²) in [4.78, 5) is 14.1. The molecule has 0 aromatic heterocycles. The van der Waals surface area contributed by atoms with Crippen LogP contribution < -0.4 is 0 Å². The van der Waals surface area contributed by atoms with E-state index in [0.717, 1.165) is 19.4 Å². The molecular weight excluding hydrogens is 210 g/mol. The molecule has 2 atom stereocenters. The van der Waals surface area contributed by atoms with E-state index in [2.05, 4.69) is 29.2 Å². The maximum atomic E-state index is 11.9. The van der Waals surface area contributed by atoms with E-state index in [1.54, 1.807) is 0 Å². The van der Waals surface area contributed by atoms with Gasteiger partial charge in [-0.25, -0.2) is 0 Å². The maximum absolute atomic E-state index is 11.9. The van der Waals surface area contributed by atoms with Gasteiger partial charge in [0.2, 0.25) is 5.91 Å². The van der Waals surface area contributed by atoms with E-state index in [-0.39, 0.29) is 0 Å². The first-order valence-electron chi connectivity index (χ1n) is 6.68. The van der Waals surface area contributed by atoms with Crippen LogP contribution in [0, 0.1) is 5.92 Å². The topological polar surface area (TPSA) is 20.3 Å². The molecule has 1 aliphatic heterocycles. The Kier molecular flexibility index (Phi) is 2.87. The summed E-state index contributed by atoms with van der Waals surface area (Å²) in [6.45, 7) is 0.907. The summed E-state index contributed by atoms with van der Waals surface area (Å²) in [6, 6.07) is 11.0. The molecule has 90 valence electrons. The lowest BCUT2D eigenvalue weighted by Crippen LogP contribution is -2.34. The fraction of sp³-hybridized carbons (Fsp3) is 0.533. The van der Waals surface area contributed by atoms with Crippen molar-refractivity contribution in [2.45, 2.75) is 38.1 Å². The van der Waals surface area contributed by atoms with Gasteiger partial charge in [0.05, 0.1) is 0 Å². The van der Waals surface area contributed by atoms with Gasteiger partial charge < -0.3 is 4.90 Å². The Bertz CT molecular complexity index is 401. The molecule has 1 amide bonds. The highest BCUT2D eigenvalue weighted by Gasteiger charge is 2.41. The van der Waals surface area contributed by atoms with Crippen molar-refractivity contribution in [2.24, 2.45) is 5.92 Å². The van der Waals surface area contributed by atoms with Gasteiger partial charge in [-0.1, -0.05) is 36.8 Å². The normalized spacial score (nSPS) is 27.5. The van der Waals surface area contributed by atoms with E-state index < -0.39 is 0 Å². The zero-order chi connectivity index (χ0) is 11.7. The number of fused-ring (bicyclic) bond motifs is 1. The molecule has 1 saturated carbocycles. The molecule has 2 aliphatic rings. The Morgan fingerprint density at radius 1 is 1.18 bits per heavy atom. The number of carbonyl (C=O) groups excluding carboxylic acids is 1. The van der Waals surface area contributed by atoms with Gasteiger partial charge >= 0.3 is 0 Å². The van der Waals surface area contributed by atoms with Gasteiger partial charge in [0.1, 0.15) is 0 Å². The van der Waals surface area contributed by atoms with Crippen molar-refractivity contribution in [1.29, 1.82) is 0 Å². The Labute approximate surface area is 103 Å². The van der Waals surface area contributed by atoms with Crippen LogP contribution >= 0.6 is 0 Å². The third-order valence-electron chi connectivity index (χ3n) is 4.26. The first-order valence-corrected chi connectivity index (χ1v) is 6.68. The van der Waals surface area contributed by atoms with Crippen LogP contribution in [0.3, 0.4) is 0 Å². The van der Waals surface area contributed by atoms with E-state index >= 15 is 0 Å². The number of nitrogens with zero attached hydrogens (tertiary/aromatic N) is 1. The van der Waals surface area contributed by atoms with Crippen molar-refractivity contribution in [3.05, 3.63) is 35.9 Å². The summed E-state index contributed by atoms with van der Waals surface area (Å²) in [6.07, 6.45) is 5.60. The van der Waals surface area contributed by atoms with Crippen molar-refractivity contribution < 1.29 is 4.79 Å². The molecule has 1 saturated heterocycles. The molecular formula is C15H19NO. The number of likely N-dealkylation sites (tertiary alicyclic amines) is 1. The van der Waals surface area contributed by atoms with E-state index in [9.17, 15) is 4.79 Å². The van der Waals surface area contributed by atoms with Gasteiger partial charge in [-0.2, -0.15) is 0 Å². The standard InChI is InChI=1S/C15H19NO/c17-15-11-13-7-4-8-14(13)16(15)10-9-12-5-2-1-3-6-12/h1-3,5-6,13-14H,4,7-11H2. The lowest BCUT2D eigenvalue weighted by Gasteiger charge is -2.24. The van der Waals surface area contributed by atoms with E-state index in [1.807, 2.05) is 6.07 Å². The highest BCUT2D eigenvalue weighted by atomic mass is 16.2. The minimum absolute atomic E-state index is 0.385. The zero-order valence-electron chi connectivity index (χ0n) is 10.1. The molecule has 2 unspecified atom stereocenters. The van der Waals surface area contributed by atoms with Gasteiger partial charge in [-0.15, -0.1) is 0 Å². The quantitative estimate of drug-likeness (QED) is 0.780. The average molecular weight is 229 g/mol. The smallest absolute Gasteiger partial charge is 0.223 e. The number of rotatable bonds is 3. The number of benzene rings is 1. The molecule has 0 bridgehead atoms. The fourth-order valence-electron chi connectivity index (χ4n) is 3.38. The van der Waals surface area contributed by atoms with E-state index in [0.29, 0.717) is 17.9 Å². The second-order valence-electron chi connectivity index (χ2n) is 5.29. The van der Waals surface area contributed by atoms with Crippen LogP contribution in [0.1, 0.15) is 31.2 Å². The molecule has 2 nitrogen and oxygen atoms in total. The third kappa shape index (κ3) is 2.08. The second kappa shape index (κ2) is 4.52. The van der Waals surface area contributed by atoms with Crippen LogP contribution in [-0.2, 0) is 11.2 Å². The largest absolute Gasteiger partial charge is 0.339 e. The molecule has 17 heavy (non-hydrogen) atoms. The molecule has 2 fully saturated rings. The van der Waals surface area contributed by atoms with Crippen LogP contribution in [-0.4, -0.2) is 23.4 Å². The summed E-state index contributed by atoms with van der Waals surface area (Å²) >= 11 is 0. The number of hydrogen-bond donors (Lipinski definition) is 0. The molecule has 2 heteroatoms. The second-order valence-corrected chi connectivity index (χ2v) is 5.29. The van der Waals surface area contributed by atoms with Crippen molar-refractivity contribution in [1.82, 2.24) is 4.90 Å². The van der Waals surface area contributed by atoms with Gasteiger partial charge in [-0.05, 0) is 30.7 Å². The van der Waals surface area contributed by atoms with Crippen LogP contribution in [0.5, 0.6) is 0 Å². The maximum Gasteiger partial charge on any atom is 0.223 e. The minimum Gasteiger partial charge on any atom is -0.339 e. The molecule has 1 aliphatic carbocycles. The Morgan fingerprint density at radius 3 is 2.82 bits per heavy atom. The predicted octanol–water partition coefficient (Wildman–Crippen LogP) is 2.63. The monoisotopic (exact) mass is 229 g/mol. The number of carbonyl (C=O) groups is 1. The van der Waals surface area contributed by atoms with E-state index in [4.69, 9.17) is 0 Å². The molecule has 1 aromatic carbocycles. The minimum atomic E-state index is 0.385. The average Bonchev–Trinajstić information content (AvgIpc) is 2.89. The molecule has 0 spiro atoms. The summed E-state index contributed by atoms with van der Waals surface area (Å²) in [5.74, 6) is 1.05. The summed E-state index contributed by atoms with van der Waals surface area (Å²) < 4.78 is 0. The molecule has 3 rings (SSSR count). The molecule has 1 aromatic rings. The lowest BCUT2D eigenvalue weighted by atomic mass is 10.0. The Morgan fingerprint density at radius 2 is 2.00 bits per heavy atom. The SMILES string of the molecule is O=C1CC2CCCC2N1CCc1ccccc1. The summed E-state index contributed by atoms with van der Waals surface area (Å²) in [5.41, 5.74) is 1.33. The first kappa shape index (κ1) is 10.8.